The average Bonchev–Trinajstić information content (AvgIpc) is 3.43. The molecule has 2 heterocycles. The number of hydrogen-bond acceptors (Lipinski definition) is 6. The molecule has 2 aliphatic rings. The second-order valence-corrected chi connectivity index (χ2v) is 8.08. The summed E-state index contributed by atoms with van der Waals surface area (Å²) in [6.07, 6.45) is 7.34. The molecule has 7 nitrogen and oxygen atoms in total. The number of carbonyl (C=O) groups is 2. The largest absolute Gasteiger partial charge is 0.493 e. The summed E-state index contributed by atoms with van der Waals surface area (Å²) in [5.41, 5.74) is 1.14. The second kappa shape index (κ2) is 10.5. The molecule has 0 spiro atoms. The van der Waals surface area contributed by atoms with E-state index in [2.05, 4.69) is 4.90 Å². The first kappa shape index (κ1) is 22.9. The number of allylic oxidation sites excluding steroid dienone is 1. The van der Waals surface area contributed by atoms with Crippen molar-refractivity contribution in [1.29, 1.82) is 0 Å². The Balaban J connectivity index is 1.47. The maximum absolute atomic E-state index is 13.1. The van der Waals surface area contributed by atoms with E-state index in [4.69, 9.17) is 14.2 Å². The molecule has 2 amide bonds. The zero-order chi connectivity index (χ0) is 23.2. The fraction of sp³-hybridized carbons (Fsp3) is 0.385. The number of methoxy groups -OCH3 is 1. The van der Waals surface area contributed by atoms with Crippen molar-refractivity contribution in [3.05, 3.63) is 59.7 Å². The van der Waals surface area contributed by atoms with Crippen LogP contribution in [0.2, 0.25) is 0 Å². The van der Waals surface area contributed by atoms with Crippen LogP contribution >= 0.6 is 0 Å². The van der Waals surface area contributed by atoms with E-state index in [0.29, 0.717) is 47.3 Å². The van der Waals surface area contributed by atoms with Crippen LogP contribution in [0.3, 0.4) is 0 Å². The van der Waals surface area contributed by atoms with E-state index in [1.165, 1.54) is 17.7 Å². The Kier molecular flexibility index (Phi) is 7.29. The summed E-state index contributed by atoms with van der Waals surface area (Å²) in [6, 6.07) is 10.1. The SMILES string of the molecule is CCC=CCOc1ccc2c(c1)C(=O)N(c1ccc(OCCN3CCCC3)c(OC)c1)C2=O. The van der Waals surface area contributed by atoms with Gasteiger partial charge in [0.05, 0.1) is 23.9 Å². The molecule has 0 bridgehead atoms. The van der Waals surface area contributed by atoms with Crippen LogP contribution in [0.5, 0.6) is 17.2 Å². The predicted octanol–water partition coefficient (Wildman–Crippen LogP) is 4.32. The lowest BCUT2D eigenvalue weighted by atomic mass is 10.1. The zero-order valence-electron chi connectivity index (χ0n) is 19.2. The Hall–Kier alpha value is -3.32. The molecule has 174 valence electrons. The van der Waals surface area contributed by atoms with Gasteiger partial charge in [0.1, 0.15) is 19.0 Å². The van der Waals surface area contributed by atoms with Gasteiger partial charge >= 0.3 is 0 Å². The first-order chi connectivity index (χ1) is 16.1. The molecule has 0 N–H and O–H groups in total. The smallest absolute Gasteiger partial charge is 0.266 e. The molecule has 4 rings (SSSR count). The third-order valence-corrected chi connectivity index (χ3v) is 5.88. The van der Waals surface area contributed by atoms with Gasteiger partial charge in [0.25, 0.3) is 11.8 Å². The van der Waals surface area contributed by atoms with Gasteiger partial charge < -0.3 is 14.2 Å². The minimum atomic E-state index is -0.380. The van der Waals surface area contributed by atoms with Crippen molar-refractivity contribution in [3.8, 4) is 17.2 Å². The first-order valence-electron chi connectivity index (χ1n) is 11.5. The van der Waals surface area contributed by atoms with Crippen molar-refractivity contribution >= 4 is 17.5 Å². The third-order valence-electron chi connectivity index (χ3n) is 5.88. The van der Waals surface area contributed by atoms with Crippen molar-refractivity contribution in [1.82, 2.24) is 4.90 Å². The molecule has 2 aromatic rings. The van der Waals surface area contributed by atoms with Crippen LogP contribution in [0.25, 0.3) is 0 Å². The maximum atomic E-state index is 13.1. The van der Waals surface area contributed by atoms with Crippen LogP contribution in [0, 0.1) is 0 Å². The number of carbonyl (C=O) groups excluding carboxylic acids is 2. The summed E-state index contributed by atoms with van der Waals surface area (Å²) < 4.78 is 17.1. The highest BCUT2D eigenvalue weighted by Gasteiger charge is 2.37. The second-order valence-electron chi connectivity index (χ2n) is 8.08. The molecule has 2 aromatic carbocycles. The molecule has 7 heteroatoms. The van der Waals surface area contributed by atoms with Gasteiger partial charge in [-0.3, -0.25) is 14.5 Å². The highest BCUT2D eigenvalue weighted by atomic mass is 16.5. The van der Waals surface area contributed by atoms with Crippen LogP contribution in [0.15, 0.2) is 48.6 Å². The molecule has 0 unspecified atom stereocenters. The molecular weight excluding hydrogens is 420 g/mol. The number of nitrogens with zero attached hydrogens (tertiary/aromatic N) is 2. The standard InChI is InChI=1S/C26H30N2O5/c1-3-4-7-15-32-20-9-10-21-22(18-20)26(30)28(25(21)29)19-8-11-23(24(17-19)31-2)33-16-14-27-12-5-6-13-27/h4,7-11,17-18H,3,5-6,12-16H2,1-2H3. The average molecular weight is 451 g/mol. The zero-order valence-corrected chi connectivity index (χ0v) is 19.2. The van der Waals surface area contributed by atoms with Crippen LogP contribution in [0.4, 0.5) is 5.69 Å². The van der Waals surface area contributed by atoms with Crippen molar-refractivity contribution in [2.24, 2.45) is 0 Å². The van der Waals surface area contributed by atoms with E-state index >= 15 is 0 Å². The monoisotopic (exact) mass is 450 g/mol. The molecule has 33 heavy (non-hydrogen) atoms. The summed E-state index contributed by atoms with van der Waals surface area (Å²) >= 11 is 0. The number of amides is 2. The first-order valence-corrected chi connectivity index (χ1v) is 11.5. The molecule has 1 saturated heterocycles. The van der Waals surface area contributed by atoms with Gasteiger partial charge in [-0.2, -0.15) is 0 Å². The summed E-state index contributed by atoms with van der Waals surface area (Å²) in [7, 11) is 1.55. The van der Waals surface area contributed by atoms with Gasteiger partial charge in [0.2, 0.25) is 0 Å². The summed E-state index contributed by atoms with van der Waals surface area (Å²) in [5.74, 6) is 0.883. The molecule has 1 fully saturated rings. The Morgan fingerprint density at radius 2 is 1.70 bits per heavy atom. The molecule has 0 atom stereocenters. The van der Waals surface area contributed by atoms with E-state index in [0.717, 1.165) is 26.1 Å². The van der Waals surface area contributed by atoms with Gasteiger partial charge in [-0.05, 0) is 62.7 Å². The number of ether oxygens (including phenoxy) is 3. The number of fused-ring (bicyclic) bond motifs is 1. The van der Waals surface area contributed by atoms with Gasteiger partial charge in [-0.25, -0.2) is 4.90 Å². The Labute approximate surface area is 194 Å². The summed E-state index contributed by atoms with van der Waals surface area (Å²) in [4.78, 5) is 29.6. The van der Waals surface area contributed by atoms with E-state index in [-0.39, 0.29) is 11.8 Å². The number of rotatable bonds is 10. The lowest BCUT2D eigenvalue weighted by Gasteiger charge is -2.18. The number of hydrogen-bond donors (Lipinski definition) is 0. The molecule has 0 aliphatic carbocycles. The van der Waals surface area contributed by atoms with E-state index in [1.807, 2.05) is 19.1 Å². The molecule has 0 aromatic heterocycles. The normalized spacial score (nSPS) is 16.0. The van der Waals surface area contributed by atoms with Gasteiger partial charge in [0, 0.05) is 12.6 Å². The Morgan fingerprint density at radius 1 is 0.909 bits per heavy atom. The third kappa shape index (κ3) is 5.03. The summed E-state index contributed by atoms with van der Waals surface area (Å²) in [5, 5.41) is 0. The Bertz CT molecular complexity index is 1040. The fourth-order valence-electron chi connectivity index (χ4n) is 4.13. The lowest BCUT2D eigenvalue weighted by Crippen LogP contribution is -2.29. The summed E-state index contributed by atoms with van der Waals surface area (Å²) in [6.45, 7) is 6.10. The van der Waals surface area contributed by atoms with Gasteiger partial charge in [-0.15, -0.1) is 0 Å². The van der Waals surface area contributed by atoms with Crippen LogP contribution < -0.4 is 19.1 Å². The number of likely N-dealkylation sites (tertiary alicyclic amines) is 1. The quantitative estimate of drug-likeness (QED) is 0.397. The van der Waals surface area contributed by atoms with Crippen LogP contribution in [-0.2, 0) is 0 Å². The van der Waals surface area contributed by atoms with E-state index in [9.17, 15) is 9.59 Å². The molecule has 0 radical (unpaired) electrons. The van der Waals surface area contributed by atoms with Crippen molar-refractivity contribution < 1.29 is 23.8 Å². The van der Waals surface area contributed by atoms with Crippen molar-refractivity contribution in [2.75, 3.05) is 44.9 Å². The lowest BCUT2D eigenvalue weighted by molar-refractivity contribution is 0.0926. The minimum absolute atomic E-state index is 0.335. The van der Waals surface area contributed by atoms with Gasteiger partial charge in [-0.1, -0.05) is 19.1 Å². The van der Waals surface area contributed by atoms with Crippen LogP contribution in [-0.4, -0.2) is 56.7 Å². The van der Waals surface area contributed by atoms with Gasteiger partial charge in [0.15, 0.2) is 11.5 Å². The van der Waals surface area contributed by atoms with Crippen molar-refractivity contribution in [3.63, 3.8) is 0 Å². The van der Waals surface area contributed by atoms with Crippen LogP contribution in [0.1, 0.15) is 46.9 Å². The predicted molar refractivity (Wildman–Crippen MR) is 127 cm³/mol. The number of anilines is 1. The molecular formula is C26H30N2O5. The van der Waals surface area contributed by atoms with Crippen molar-refractivity contribution in [2.45, 2.75) is 26.2 Å². The number of benzene rings is 2. The highest BCUT2D eigenvalue weighted by molar-refractivity contribution is 6.34. The van der Waals surface area contributed by atoms with E-state index < -0.39 is 0 Å². The molecule has 2 aliphatic heterocycles. The number of imide groups is 1. The minimum Gasteiger partial charge on any atom is -0.493 e. The maximum Gasteiger partial charge on any atom is 0.266 e. The Morgan fingerprint density at radius 3 is 2.45 bits per heavy atom. The van der Waals surface area contributed by atoms with E-state index in [1.54, 1.807) is 43.5 Å². The fourth-order valence-corrected chi connectivity index (χ4v) is 4.13. The molecule has 0 saturated carbocycles. The highest BCUT2D eigenvalue weighted by Crippen LogP contribution is 2.36. The topological polar surface area (TPSA) is 68.3 Å².